The molecule has 1 N–H and O–H groups in total. The molecule has 63 heavy (non-hydrogen) atoms. The Balaban J connectivity index is 1.23. The molecule has 334 valence electrons. The number of thiophene rings is 1. The van der Waals surface area contributed by atoms with E-state index >= 15 is 0 Å². The molecule has 0 amide bonds. The second-order valence-electron chi connectivity index (χ2n) is 15.4. The first-order valence-electron chi connectivity index (χ1n) is 21.6. The van der Waals surface area contributed by atoms with Crippen molar-refractivity contribution < 1.29 is 28.5 Å². The van der Waals surface area contributed by atoms with Gasteiger partial charge in [-0.1, -0.05) is 49.2 Å². The molecule has 6 aromatic rings. The smallest absolute Gasteiger partial charge is 0.347 e. The first-order chi connectivity index (χ1) is 30.8. The number of ether oxygens (including phenoxy) is 5. The van der Waals surface area contributed by atoms with E-state index in [1.54, 1.807) is 20.2 Å². The van der Waals surface area contributed by atoms with E-state index < -0.39 is 12.1 Å². The van der Waals surface area contributed by atoms with Crippen LogP contribution >= 0.6 is 22.9 Å². The lowest BCUT2D eigenvalue weighted by Crippen LogP contribution is -2.45. The number of nitrogens with zero attached hydrogens (tertiary/aromatic N) is 7. The molecule has 0 bridgehead atoms. The lowest BCUT2D eigenvalue weighted by Gasteiger charge is -2.32. The highest BCUT2D eigenvalue weighted by molar-refractivity contribution is 7.22. The first kappa shape index (κ1) is 45.7. The number of carbonyl (C=O) groups is 1. The lowest BCUT2D eigenvalue weighted by molar-refractivity contribution is -0.151. The van der Waals surface area contributed by atoms with E-state index in [1.165, 1.54) is 17.7 Å². The number of benzene rings is 2. The molecule has 0 spiro atoms. The molecule has 2 aromatic carbocycles. The van der Waals surface area contributed by atoms with Crippen LogP contribution in [-0.4, -0.2) is 120 Å². The minimum absolute atomic E-state index is 0.161. The second-order valence-corrected chi connectivity index (χ2v) is 16.8. The molecule has 0 saturated carbocycles. The number of fused-ring (bicyclic) bond motifs is 1. The number of halogens is 1. The number of pyridine rings is 1. The molecule has 5 heterocycles. The van der Waals surface area contributed by atoms with Gasteiger partial charge < -0.3 is 33.9 Å². The van der Waals surface area contributed by atoms with Crippen molar-refractivity contribution in [3.63, 3.8) is 0 Å². The third kappa shape index (κ3) is 11.4. The number of unbranched alkanes of at least 4 members (excludes halogenated alkanes) is 1. The van der Waals surface area contributed by atoms with Gasteiger partial charge in [0.1, 0.15) is 41.7 Å². The molecule has 16 heteroatoms. The van der Waals surface area contributed by atoms with Crippen molar-refractivity contribution in [3.05, 3.63) is 95.2 Å². The minimum Gasteiger partial charge on any atom is -0.491 e. The molecule has 1 aliphatic rings. The summed E-state index contributed by atoms with van der Waals surface area (Å²) in [6.07, 6.45) is 6.26. The van der Waals surface area contributed by atoms with Crippen molar-refractivity contribution in [1.82, 2.24) is 34.5 Å². The molecular weight excluding hydrogens is 840 g/mol. The van der Waals surface area contributed by atoms with Crippen LogP contribution in [0, 0.1) is 6.92 Å². The standard InChI is InChI=1S/C47H57ClN8O6S/c1-6-8-20-56-35(17-18-53-56)30-61-37-12-10-9-11-33(37)28-39(47(57)59-7-2)62-45-42-41(36-14-15-38(43(48)32(36)3)60-27-25-55-23-21-54(4)22-24-55)44(63-46(42)52-31-51-45)34-13-16-40(50-29-34)49-19-26-58-5/h9-18,29,31,39H,6-8,19-28,30H2,1-5H3,(H,49,50)/t39-/m1/s1. The minimum atomic E-state index is -1.07. The maximum Gasteiger partial charge on any atom is 0.347 e. The highest BCUT2D eigenvalue weighted by Crippen LogP contribution is 2.49. The van der Waals surface area contributed by atoms with Crippen molar-refractivity contribution in [2.45, 2.75) is 59.3 Å². The summed E-state index contributed by atoms with van der Waals surface area (Å²) in [7, 11) is 3.82. The fourth-order valence-electron chi connectivity index (χ4n) is 7.47. The summed E-state index contributed by atoms with van der Waals surface area (Å²) in [6.45, 7) is 13.8. The second kappa shape index (κ2) is 22.3. The van der Waals surface area contributed by atoms with Crippen LogP contribution in [0.3, 0.4) is 0 Å². The number of hydrogen-bond acceptors (Lipinski definition) is 14. The summed E-state index contributed by atoms with van der Waals surface area (Å²) in [5.74, 6) is 1.69. The zero-order valence-electron chi connectivity index (χ0n) is 36.8. The Morgan fingerprint density at radius 2 is 1.79 bits per heavy atom. The Hall–Kier alpha value is -5.32. The first-order valence-corrected chi connectivity index (χ1v) is 22.8. The Kier molecular flexibility index (Phi) is 16.2. The number of anilines is 1. The summed E-state index contributed by atoms with van der Waals surface area (Å²) in [4.78, 5) is 34.3. The van der Waals surface area contributed by atoms with Gasteiger partial charge >= 0.3 is 5.97 Å². The van der Waals surface area contributed by atoms with Crippen LogP contribution in [0.25, 0.3) is 31.8 Å². The molecule has 1 fully saturated rings. The van der Waals surface area contributed by atoms with Crippen LogP contribution in [0.1, 0.15) is 43.5 Å². The van der Waals surface area contributed by atoms with Gasteiger partial charge in [-0.25, -0.2) is 19.7 Å². The van der Waals surface area contributed by atoms with Crippen LogP contribution in [0.5, 0.6) is 17.4 Å². The van der Waals surface area contributed by atoms with Gasteiger partial charge in [0.05, 0.1) is 29.3 Å². The maximum atomic E-state index is 13.8. The number of piperazine rings is 1. The average molecular weight is 898 g/mol. The van der Waals surface area contributed by atoms with Crippen molar-refractivity contribution in [2.24, 2.45) is 0 Å². The number of para-hydroxylation sites is 1. The molecule has 0 aliphatic carbocycles. The summed E-state index contributed by atoms with van der Waals surface area (Å²) in [5, 5.41) is 8.93. The fourth-order valence-corrected chi connectivity index (χ4v) is 8.83. The van der Waals surface area contributed by atoms with Gasteiger partial charge in [0.15, 0.2) is 0 Å². The number of likely N-dealkylation sites (N-methyl/N-ethyl adjacent to an activating group) is 1. The molecule has 1 atom stereocenters. The van der Waals surface area contributed by atoms with Crippen molar-refractivity contribution in [2.75, 3.05) is 78.6 Å². The van der Waals surface area contributed by atoms with E-state index in [2.05, 4.69) is 39.2 Å². The molecule has 7 rings (SSSR count). The quantitative estimate of drug-likeness (QED) is 0.0518. The topological polar surface area (TPSA) is 138 Å². The number of esters is 1. The Morgan fingerprint density at radius 3 is 2.57 bits per heavy atom. The maximum absolute atomic E-state index is 13.8. The predicted molar refractivity (Wildman–Crippen MR) is 248 cm³/mol. The van der Waals surface area contributed by atoms with Gasteiger partial charge in [0.2, 0.25) is 12.0 Å². The zero-order valence-corrected chi connectivity index (χ0v) is 38.3. The number of carbonyl (C=O) groups excluding carboxylic acids is 1. The monoisotopic (exact) mass is 896 g/mol. The molecular formula is C47H57ClN8O6S. The van der Waals surface area contributed by atoms with Gasteiger partial charge in [-0.05, 0) is 74.3 Å². The van der Waals surface area contributed by atoms with Crippen molar-refractivity contribution in [1.29, 1.82) is 0 Å². The van der Waals surface area contributed by atoms with Crippen molar-refractivity contribution >= 4 is 44.9 Å². The van der Waals surface area contributed by atoms with Gasteiger partial charge in [-0.15, -0.1) is 11.3 Å². The Morgan fingerprint density at radius 1 is 0.952 bits per heavy atom. The summed E-state index contributed by atoms with van der Waals surface area (Å²) >= 11 is 8.66. The number of hydrogen-bond donors (Lipinski definition) is 1. The van der Waals surface area contributed by atoms with Crippen LogP contribution < -0.4 is 19.5 Å². The van der Waals surface area contributed by atoms with Crippen molar-refractivity contribution in [3.8, 4) is 38.9 Å². The van der Waals surface area contributed by atoms with E-state index in [-0.39, 0.29) is 18.9 Å². The SMILES string of the molecule is CCCCn1nccc1COc1ccccc1C[C@@H](Oc1ncnc2sc(-c3ccc(NCCOC)nc3)c(-c3ccc(OCCN4CCN(C)CC4)c(Cl)c3C)c12)C(=O)OCC. The summed E-state index contributed by atoms with van der Waals surface area (Å²) in [6, 6.07) is 17.5. The lowest BCUT2D eigenvalue weighted by atomic mass is 9.96. The fraction of sp³-hybridized carbons (Fsp3) is 0.426. The highest BCUT2D eigenvalue weighted by Gasteiger charge is 2.29. The molecule has 1 saturated heterocycles. The third-order valence-electron chi connectivity index (χ3n) is 11.1. The molecule has 1 aliphatic heterocycles. The van der Waals surface area contributed by atoms with Gasteiger partial charge in [-0.3, -0.25) is 9.58 Å². The predicted octanol–water partition coefficient (Wildman–Crippen LogP) is 8.20. The number of methoxy groups -OCH3 is 1. The third-order valence-corrected chi connectivity index (χ3v) is 12.7. The average Bonchev–Trinajstić information content (AvgIpc) is 3.92. The van der Waals surface area contributed by atoms with E-state index in [4.69, 9.17) is 45.3 Å². The van der Waals surface area contributed by atoms with E-state index in [0.717, 1.165) is 96.3 Å². The number of rotatable bonds is 22. The van der Waals surface area contributed by atoms with Gasteiger partial charge in [-0.2, -0.15) is 5.10 Å². The van der Waals surface area contributed by atoms with Crippen LogP contribution in [0.2, 0.25) is 5.02 Å². The largest absolute Gasteiger partial charge is 0.491 e. The molecule has 0 radical (unpaired) electrons. The zero-order chi connectivity index (χ0) is 44.1. The van der Waals surface area contributed by atoms with E-state index in [9.17, 15) is 4.79 Å². The number of aromatic nitrogens is 5. The normalized spacial score (nSPS) is 13.9. The summed E-state index contributed by atoms with van der Waals surface area (Å²) in [5.41, 5.74) is 5.08. The Labute approximate surface area is 378 Å². The molecule has 4 aromatic heterocycles. The molecule has 0 unspecified atom stereocenters. The van der Waals surface area contributed by atoms with Crippen LogP contribution in [0.4, 0.5) is 5.82 Å². The van der Waals surface area contributed by atoms with Crippen LogP contribution in [0.15, 0.2) is 73.3 Å². The highest BCUT2D eigenvalue weighted by atomic mass is 35.5. The number of nitrogens with one attached hydrogen (secondary N) is 1. The molecule has 14 nitrogen and oxygen atoms in total. The number of aryl methyl sites for hydroxylation is 1. The van der Waals surface area contributed by atoms with Gasteiger partial charge in [0, 0.05) is 87.7 Å². The Bertz CT molecular complexity index is 2420. The van der Waals surface area contributed by atoms with E-state index in [0.29, 0.717) is 53.1 Å². The van der Waals surface area contributed by atoms with E-state index in [1.807, 2.05) is 72.4 Å². The summed E-state index contributed by atoms with van der Waals surface area (Å²) < 4.78 is 32.2. The van der Waals surface area contributed by atoms with Gasteiger partial charge in [0.25, 0.3) is 0 Å². The van der Waals surface area contributed by atoms with Crippen LogP contribution in [-0.2, 0) is 33.8 Å².